The monoisotopic (exact) mass is 371 g/mol. The zero-order valence-corrected chi connectivity index (χ0v) is 15.9. The van der Waals surface area contributed by atoms with Crippen molar-refractivity contribution < 1.29 is 18.7 Å². The summed E-state index contributed by atoms with van der Waals surface area (Å²) in [5.74, 6) is 2.17. The first-order valence-electron chi connectivity index (χ1n) is 9.18. The predicted octanol–water partition coefficient (Wildman–Crippen LogP) is 2.20. The normalized spacial score (nSPS) is 25.5. The van der Waals surface area contributed by atoms with E-state index in [2.05, 4.69) is 38.7 Å². The molecule has 0 bridgehead atoms. The molecule has 0 spiro atoms. The summed E-state index contributed by atoms with van der Waals surface area (Å²) in [6, 6.07) is 8.80. The third-order valence-corrected chi connectivity index (χ3v) is 5.73. The Labute approximate surface area is 158 Å². The molecule has 0 amide bonds. The molecule has 2 saturated heterocycles. The molecule has 0 saturated carbocycles. The smallest absolute Gasteiger partial charge is 0.360 e. The van der Waals surface area contributed by atoms with Gasteiger partial charge in [-0.3, -0.25) is 9.80 Å². The van der Waals surface area contributed by atoms with Crippen LogP contribution in [0, 0.1) is 11.8 Å². The van der Waals surface area contributed by atoms with E-state index in [0.717, 1.165) is 25.4 Å². The van der Waals surface area contributed by atoms with E-state index in [1.807, 2.05) is 12.1 Å². The summed E-state index contributed by atoms with van der Waals surface area (Å²) in [4.78, 5) is 20.6. The minimum atomic E-state index is -0.468. The molecule has 2 aromatic rings. The van der Waals surface area contributed by atoms with Crippen LogP contribution in [0.15, 0.2) is 34.9 Å². The molecule has 2 fully saturated rings. The highest BCUT2D eigenvalue weighted by Crippen LogP contribution is 2.44. The second-order valence-corrected chi connectivity index (χ2v) is 7.39. The van der Waals surface area contributed by atoms with Crippen molar-refractivity contribution in [1.29, 1.82) is 0 Å². The van der Waals surface area contributed by atoms with Gasteiger partial charge < -0.3 is 13.9 Å². The van der Waals surface area contributed by atoms with Crippen LogP contribution in [0.2, 0.25) is 0 Å². The van der Waals surface area contributed by atoms with Crippen LogP contribution in [0.1, 0.15) is 28.0 Å². The number of rotatable bonds is 5. The molecule has 4 rings (SSSR count). The second kappa shape index (κ2) is 7.32. The largest absolute Gasteiger partial charge is 0.497 e. The Bertz CT molecular complexity index is 804. The lowest BCUT2D eigenvalue weighted by molar-refractivity contribution is 0.0594. The summed E-state index contributed by atoms with van der Waals surface area (Å²) in [6.07, 6.45) is 1.37. The maximum atomic E-state index is 11.5. The number of carbonyl (C=O) groups excluding carboxylic acids is 1. The summed E-state index contributed by atoms with van der Waals surface area (Å²) in [6.45, 7) is 3.69. The predicted molar refractivity (Wildman–Crippen MR) is 98.5 cm³/mol. The van der Waals surface area contributed by atoms with E-state index in [-0.39, 0.29) is 5.69 Å². The number of likely N-dealkylation sites (tertiary alicyclic amines) is 2. The van der Waals surface area contributed by atoms with Crippen molar-refractivity contribution in [2.45, 2.75) is 12.6 Å². The minimum absolute atomic E-state index is 0.225. The highest BCUT2D eigenvalue weighted by atomic mass is 16.5. The van der Waals surface area contributed by atoms with E-state index in [1.54, 1.807) is 7.11 Å². The molecular formula is C20H25N3O4. The maximum Gasteiger partial charge on any atom is 0.360 e. The summed E-state index contributed by atoms with van der Waals surface area (Å²) in [7, 11) is 5.23. The molecule has 0 radical (unpaired) electrons. The summed E-state index contributed by atoms with van der Waals surface area (Å²) >= 11 is 0. The molecule has 2 aliphatic rings. The van der Waals surface area contributed by atoms with E-state index in [0.29, 0.717) is 30.3 Å². The zero-order chi connectivity index (χ0) is 19.0. The van der Waals surface area contributed by atoms with Gasteiger partial charge in [-0.25, -0.2) is 9.78 Å². The Kier molecular flexibility index (Phi) is 4.88. The third kappa shape index (κ3) is 3.44. The molecule has 7 nitrogen and oxygen atoms in total. The molecule has 2 aliphatic heterocycles. The molecule has 1 aromatic heterocycles. The highest BCUT2D eigenvalue weighted by Gasteiger charge is 2.46. The van der Waals surface area contributed by atoms with Crippen molar-refractivity contribution in [2.75, 3.05) is 40.9 Å². The Morgan fingerprint density at radius 2 is 2.00 bits per heavy atom. The standard InChI is InChI=1S/C20H25N3O4/c1-22-8-14-9-23(11-18-21-17(12-27-18)20(24)26-3)10-16(14)19(22)13-4-6-15(25-2)7-5-13/h4-7,12,14,16,19H,8-11H2,1-3H3/t14-,16+,19+/m0/s1. The molecule has 7 heteroatoms. The molecule has 0 aliphatic carbocycles. The lowest BCUT2D eigenvalue weighted by Gasteiger charge is -2.26. The molecule has 3 atom stereocenters. The quantitative estimate of drug-likeness (QED) is 0.747. The van der Waals surface area contributed by atoms with Gasteiger partial charge in [0.25, 0.3) is 0 Å². The van der Waals surface area contributed by atoms with Gasteiger partial charge in [0.2, 0.25) is 5.89 Å². The summed E-state index contributed by atoms with van der Waals surface area (Å²) < 4.78 is 15.4. The molecule has 0 unspecified atom stereocenters. The van der Waals surface area contributed by atoms with Crippen LogP contribution in [0.25, 0.3) is 0 Å². The second-order valence-electron chi connectivity index (χ2n) is 7.39. The zero-order valence-electron chi connectivity index (χ0n) is 15.9. The first-order valence-corrected chi connectivity index (χ1v) is 9.18. The van der Waals surface area contributed by atoms with Gasteiger partial charge in [0.15, 0.2) is 5.69 Å². The van der Waals surface area contributed by atoms with Gasteiger partial charge in [-0.2, -0.15) is 0 Å². The SMILES string of the molecule is COC(=O)c1coc(CN2C[C@@H]3CN(C)[C@H](c4ccc(OC)cc4)[C@@H]3C2)n1. The van der Waals surface area contributed by atoms with Crippen LogP contribution in [-0.2, 0) is 11.3 Å². The molecule has 0 N–H and O–H groups in total. The number of benzene rings is 1. The fraction of sp³-hybridized carbons (Fsp3) is 0.500. The van der Waals surface area contributed by atoms with E-state index in [4.69, 9.17) is 9.15 Å². The van der Waals surface area contributed by atoms with Crippen LogP contribution in [-0.4, -0.2) is 61.7 Å². The van der Waals surface area contributed by atoms with E-state index in [1.165, 1.54) is 18.9 Å². The fourth-order valence-electron chi connectivity index (χ4n) is 4.55. The van der Waals surface area contributed by atoms with E-state index in [9.17, 15) is 4.79 Å². The van der Waals surface area contributed by atoms with Crippen LogP contribution in [0.5, 0.6) is 5.75 Å². The van der Waals surface area contributed by atoms with Crippen LogP contribution in [0.4, 0.5) is 0 Å². The van der Waals surface area contributed by atoms with Gasteiger partial charge in [0.05, 0.1) is 20.8 Å². The number of carbonyl (C=O) groups is 1. The average Bonchev–Trinajstić information content (AvgIpc) is 3.36. The van der Waals surface area contributed by atoms with E-state index < -0.39 is 5.97 Å². The van der Waals surface area contributed by atoms with E-state index >= 15 is 0 Å². The van der Waals surface area contributed by atoms with Gasteiger partial charge in [0, 0.05) is 25.7 Å². The Hall–Kier alpha value is -2.38. The maximum absolute atomic E-state index is 11.5. The number of ether oxygens (including phenoxy) is 2. The third-order valence-electron chi connectivity index (χ3n) is 5.73. The van der Waals surface area contributed by atoms with Crippen molar-refractivity contribution in [3.05, 3.63) is 47.7 Å². The topological polar surface area (TPSA) is 68.0 Å². The number of methoxy groups -OCH3 is 2. The Morgan fingerprint density at radius 3 is 2.70 bits per heavy atom. The molecular weight excluding hydrogens is 346 g/mol. The number of aromatic nitrogens is 1. The first kappa shape index (κ1) is 18.0. The van der Waals surface area contributed by atoms with Crippen molar-refractivity contribution in [2.24, 2.45) is 11.8 Å². The lowest BCUT2D eigenvalue weighted by Crippen LogP contribution is -2.29. The van der Waals surface area contributed by atoms with Gasteiger partial charge in [-0.05, 0) is 36.6 Å². The average molecular weight is 371 g/mol. The lowest BCUT2D eigenvalue weighted by atomic mass is 9.89. The van der Waals surface area contributed by atoms with Crippen molar-refractivity contribution in [3.63, 3.8) is 0 Å². The Morgan fingerprint density at radius 1 is 1.22 bits per heavy atom. The molecule has 1 aromatic carbocycles. The summed E-state index contributed by atoms with van der Waals surface area (Å²) in [5.41, 5.74) is 1.56. The van der Waals surface area contributed by atoms with Gasteiger partial charge >= 0.3 is 5.97 Å². The molecule has 27 heavy (non-hydrogen) atoms. The number of esters is 1. The number of hydrogen-bond acceptors (Lipinski definition) is 7. The number of fused-ring (bicyclic) bond motifs is 1. The van der Waals surface area contributed by atoms with Crippen molar-refractivity contribution in [3.8, 4) is 5.75 Å². The highest BCUT2D eigenvalue weighted by molar-refractivity contribution is 5.86. The van der Waals surface area contributed by atoms with Gasteiger partial charge in [0.1, 0.15) is 12.0 Å². The first-order chi connectivity index (χ1) is 13.1. The van der Waals surface area contributed by atoms with Crippen molar-refractivity contribution >= 4 is 5.97 Å². The Balaban J connectivity index is 1.44. The van der Waals surface area contributed by atoms with Crippen molar-refractivity contribution in [1.82, 2.24) is 14.8 Å². The van der Waals surface area contributed by atoms with Crippen LogP contribution in [0.3, 0.4) is 0 Å². The molecule has 144 valence electrons. The number of oxazole rings is 1. The minimum Gasteiger partial charge on any atom is -0.497 e. The number of hydrogen-bond donors (Lipinski definition) is 0. The molecule has 3 heterocycles. The van der Waals surface area contributed by atoms with Gasteiger partial charge in [-0.15, -0.1) is 0 Å². The van der Waals surface area contributed by atoms with Crippen LogP contribution >= 0.6 is 0 Å². The fourth-order valence-corrected chi connectivity index (χ4v) is 4.55. The number of nitrogens with zero attached hydrogens (tertiary/aromatic N) is 3. The van der Waals surface area contributed by atoms with Gasteiger partial charge in [-0.1, -0.05) is 12.1 Å². The van der Waals surface area contributed by atoms with Crippen LogP contribution < -0.4 is 4.74 Å². The summed E-state index contributed by atoms with van der Waals surface area (Å²) in [5, 5.41) is 0.